The summed E-state index contributed by atoms with van der Waals surface area (Å²) in [5.41, 5.74) is 2.96. The Morgan fingerprint density at radius 2 is 1.90 bits per heavy atom. The average Bonchev–Trinajstić information content (AvgIpc) is 2.46. The standard InChI is InChI=1S/C17H16ClN3/c1-3-19-17-14-6-4-5-7-15(14)20-16(21-17)12-8-11(2)9-13(18)10-12/h4-10H,3H2,1-2H3,(H,19,20,21). The van der Waals surface area contributed by atoms with E-state index in [2.05, 4.69) is 22.2 Å². The number of aryl methyl sites for hydroxylation is 1. The summed E-state index contributed by atoms with van der Waals surface area (Å²) in [6.07, 6.45) is 0. The van der Waals surface area contributed by atoms with Crippen molar-refractivity contribution < 1.29 is 0 Å². The van der Waals surface area contributed by atoms with Gasteiger partial charge in [-0.15, -0.1) is 0 Å². The molecular formula is C17H16ClN3. The molecule has 3 rings (SSSR count). The number of nitrogens with one attached hydrogen (secondary N) is 1. The van der Waals surface area contributed by atoms with Crippen molar-refractivity contribution in [2.75, 3.05) is 11.9 Å². The molecule has 0 unspecified atom stereocenters. The molecular weight excluding hydrogens is 282 g/mol. The lowest BCUT2D eigenvalue weighted by Crippen LogP contribution is -2.03. The van der Waals surface area contributed by atoms with Crippen molar-refractivity contribution in [3.05, 3.63) is 53.1 Å². The molecule has 0 aliphatic carbocycles. The van der Waals surface area contributed by atoms with E-state index in [1.807, 2.05) is 49.4 Å². The van der Waals surface area contributed by atoms with E-state index < -0.39 is 0 Å². The summed E-state index contributed by atoms with van der Waals surface area (Å²) in [5, 5.41) is 5.04. The number of nitrogens with zero attached hydrogens (tertiary/aromatic N) is 2. The van der Waals surface area contributed by atoms with Crippen LogP contribution in [0.3, 0.4) is 0 Å². The number of benzene rings is 2. The zero-order chi connectivity index (χ0) is 14.8. The van der Waals surface area contributed by atoms with E-state index in [4.69, 9.17) is 11.6 Å². The molecule has 0 radical (unpaired) electrons. The molecule has 1 heterocycles. The van der Waals surface area contributed by atoms with Gasteiger partial charge < -0.3 is 5.32 Å². The van der Waals surface area contributed by atoms with Crippen molar-refractivity contribution >= 4 is 28.3 Å². The summed E-state index contributed by atoms with van der Waals surface area (Å²) in [6.45, 7) is 4.89. The van der Waals surface area contributed by atoms with Gasteiger partial charge in [0.05, 0.1) is 5.52 Å². The highest BCUT2D eigenvalue weighted by atomic mass is 35.5. The van der Waals surface area contributed by atoms with Crippen molar-refractivity contribution in [3.63, 3.8) is 0 Å². The quantitative estimate of drug-likeness (QED) is 0.762. The Morgan fingerprint density at radius 1 is 1.10 bits per heavy atom. The molecule has 0 aliphatic heterocycles. The molecule has 3 nitrogen and oxygen atoms in total. The molecule has 3 aromatic rings. The van der Waals surface area contributed by atoms with Gasteiger partial charge in [0.2, 0.25) is 0 Å². The molecule has 0 atom stereocenters. The molecule has 1 aromatic heterocycles. The van der Waals surface area contributed by atoms with Crippen LogP contribution in [-0.4, -0.2) is 16.5 Å². The van der Waals surface area contributed by atoms with Crippen LogP contribution in [0.5, 0.6) is 0 Å². The van der Waals surface area contributed by atoms with E-state index in [1.165, 1.54) is 0 Å². The fraction of sp³-hybridized carbons (Fsp3) is 0.176. The van der Waals surface area contributed by atoms with Crippen LogP contribution in [0.15, 0.2) is 42.5 Å². The van der Waals surface area contributed by atoms with Gasteiger partial charge in [-0.05, 0) is 49.7 Å². The number of para-hydroxylation sites is 1. The summed E-state index contributed by atoms with van der Waals surface area (Å²) in [5.74, 6) is 1.55. The molecule has 0 fully saturated rings. The third-order valence-corrected chi connectivity index (χ3v) is 3.47. The number of rotatable bonds is 3. The number of hydrogen-bond acceptors (Lipinski definition) is 3. The maximum absolute atomic E-state index is 6.15. The number of halogens is 1. The molecule has 0 bridgehead atoms. The zero-order valence-electron chi connectivity index (χ0n) is 12.0. The Kier molecular flexibility index (Phi) is 3.76. The highest BCUT2D eigenvalue weighted by Crippen LogP contribution is 2.27. The molecule has 0 aliphatic rings. The number of aromatic nitrogens is 2. The van der Waals surface area contributed by atoms with Crippen LogP contribution < -0.4 is 5.32 Å². The lowest BCUT2D eigenvalue weighted by molar-refractivity contribution is 1.14. The maximum Gasteiger partial charge on any atom is 0.162 e. The molecule has 0 saturated heterocycles. The monoisotopic (exact) mass is 297 g/mol. The van der Waals surface area contributed by atoms with Gasteiger partial charge in [0, 0.05) is 22.5 Å². The topological polar surface area (TPSA) is 37.8 Å². The lowest BCUT2D eigenvalue weighted by atomic mass is 10.1. The Bertz CT molecular complexity index is 779. The van der Waals surface area contributed by atoms with Gasteiger partial charge in [0.15, 0.2) is 5.82 Å². The SMILES string of the molecule is CCNc1nc(-c2cc(C)cc(Cl)c2)nc2ccccc12. The van der Waals surface area contributed by atoms with E-state index in [1.54, 1.807) is 0 Å². The first kappa shape index (κ1) is 13.8. The first-order valence-corrected chi connectivity index (χ1v) is 7.33. The number of anilines is 1. The van der Waals surface area contributed by atoms with Gasteiger partial charge in [-0.25, -0.2) is 9.97 Å². The highest BCUT2D eigenvalue weighted by molar-refractivity contribution is 6.30. The minimum atomic E-state index is 0.690. The van der Waals surface area contributed by atoms with Gasteiger partial charge in [-0.2, -0.15) is 0 Å². The number of fused-ring (bicyclic) bond motifs is 1. The van der Waals surface area contributed by atoms with Crippen molar-refractivity contribution in [1.82, 2.24) is 9.97 Å². The van der Waals surface area contributed by atoms with E-state index in [0.717, 1.165) is 34.4 Å². The third-order valence-electron chi connectivity index (χ3n) is 3.25. The second-order valence-electron chi connectivity index (χ2n) is 4.96. The highest BCUT2D eigenvalue weighted by Gasteiger charge is 2.09. The second kappa shape index (κ2) is 5.70. The Hall–Kier alpha value is -2.13. The molecule has 0 spiro atoms. The minimum absolute atomic E-state index is 0.690. The smallest absolute Gasteiger partial charge is 0.162 e. The first-order chi connectivity index (χ1) is 10.2. The summed E-state index contributed by atoms with van der Waals surface area (Å²) in [4.78, 5) is 9.32. The molecule has 4 heteroatoms. The largest absolute Gasteiger partial charge is 0.370 e. The van der Waals surface area contributed by atoms with Crippen LogP contribution in [0.25, 0.3) is 22.3 Å². The van der Waals surface area contributed by atoms with Crippen LogP contribution in [0.4, 0.5) is 5.82 Å². The predicted molar refractivity (Wildman–Crippen MR) is 88.9 cm³/mol. The van der Waals surface area contributed by atoms with Crippen molar-refractivity contribution in [1.29, 1.82) is 0 Å². The van der Waals surface area contributed by atoms with Gasteiger partial charge >= 0.3 is 0 Å². The van der Waals surface area contributed by atoms with Crippen LogP contribution in [-0.2, 0) is 0 Å². The minimum Gasteiger partial charge on any atom is -0.370 e. The van der Waals surface area contributed by atoms with Crippen molar-refractivity contribution in [2.45, 2.75) is 13.8 Å². The third kappa shape index (κ3) is 2.83. The average molecular weight is 298 g/mol. The van der Waals surface area contributed by atoms with E-state index in [0.29, 0.717) is 10.8 Å². The van der Waals surface area contributed by atoms with E-state index in [9.17, 15) is 0 Å². The predicted octanol–water partition coefficient (Wildman–Crippen LogP) is 4.69. The molecule has 1 N–H and O–H groups in total. The van der Waals surface area contributed by atoms with E-state index in [-0.39, 0.29) is 0 Å². The first-order valence-electron chi connectivity index (χ1n) is 6.95. The lowest BCUT2D eigenvalue weighted by Gasteiger charge is -2.10. The van der Waals surface area contributed by atoms with Crippen LogP contribution in [0.2, 0.25) is 5.02 Å². The van der Waals surface area contributed by atoms with Crippen molar-refractivity contribution in [3.8, 4) is 11.4 Å². The zero-order valence-corrected chi connectivity index (χ0v) is 12.8. The molecule has 0 amide bonds. The van der Waals surface area contributed by atoms with Gasteiger partial charge in [-0.1, -0.05) is 23.7 Å². The van der Waals surface area contributed by atoms with Crippen molar-refractivity contribution in [2.24, 2.45) is 0 Å². The summed E-state index contributed by atoms with van der Waals surface area (Å²) < 4.78 is 0. The maximum atomic E-state index is 6.15. The van der Waals surface area contributed by atoms with Crippen LogP contribution in [0, 0.1) is 6.92 Å². The van der Waals surface area contributed by atoms with Crippen LogP contribution >= 0.6 is 11.6 Å². The molecule has 2 aromatic carbocycles. The fourth-order valence-electron chi connectivity index (χ4n) is 2.37. The summed E-state index contributed by atoms with van der Waals surface area (Å²) >= 11 is 6.15. The molecule has 106 valence electrons. The van der Waals surface area contributed by atoms with Gasteiger partial charge in [-0.3, -0.25) is 0 Å². The van der Waals surface area contributed by atoms with Crippen LogP contribution in [0.1, 0.15) is 12.5 Å². The fourth-order valence-corrected chi connectivity index (χ4v) is 2.66. The molecule has 0 saturated carbocycles. The van der Waals surface area contributed by atoms with Gasteiger partial charge in [0.1, 0.15) is 5.82 Å². The Balaban J connectivity index is 2.22. The van der Waals surface area contributed by atoms with E-state index >= 15 is 0 Å². The molecule has 21 heavy (non-hydrogen) atoms. The normalized spacial score (nSPS) is 10.8. The Labute approximate surface area is 129 Å². The number of hydrogen-bond donors (Lipinski definition) is 1. The Morgan fingerprint density at radius 3 is 2.67 bits per heavy atom. The van der Waals surface area contributed by atoms with Gasteiger partial charge in [0.25, 0.3) is 0 Å². The summed E-state index contributed by atoms with van der Waals surface area (Å²) in [6, 6.07) is 13.9. The second-order valence-corrected chi connectivity index (χ2v) is 5.40. The summed E-state index contributed by atoms with van der Waals surface area (Å²) in [7, 11) is 0.